The molecule has 2 bridgehead atoms. The van der Waals surface area contributed by atoms with E-state index in [9.17, 15) is 14.7 Å². The number of ether oxygens (including phenoxy) is 1. The third-order valence-corrected chi connectivity index (χ3v) is 10.3. The van der Waals surface area contributed by atoms with Crippen LogP contribution in [0.3, 0.4) is 0 Å². The Morgan fingerprint density at radius 1 is 1.33 bits per heavy atom. The lowest BCUT2D eigenvalue weighted by Crippen LogP contribution is -2.63. The number of aliphatic hydroxyl groups is 1. The number of hydrogen-bond acceptors (Lipinski definition) is 5. The number of carbonyl (C=O) groups is 2. The molecule has 0 aromatic heterocycles. The first-order valence-electron chi connectivity index (χ1n) is 11.7. The predicted molar refractivity (Wildman–Crippen MR) is 122 cm³/mol. The van der Waals surface area contributed by atoms with Gasteiger partial charge in [-0.2, -0.15) is 11.8 Å². The highest BCUT2D eigenvalue weighted by atomic mass is 32.2. The van der Waals surface area contributed by atoms with Crippen molar-refractivity contribution >= 4 is 23.5 Å². The SMILES string of the molecule is C=C[C@]1(C)C[C@@H](OC(=O)CSCCC)C2(C)C(C)CCC3(CCC(=O)C32)[C@@H](C)[C@@H]1O. The zero-order valence-corrected chi connectivity index (χ0v) is 20.2. The number of esters is 1. The summed E-state index contributed by atoms with van der Waals surface area (Å²) in [6, 6.07) is 0. The summed E-state index contributed by atoms with van der Waals surface area (Å²) in [5.41, 5.74) is -1.21. The first kappa shape index (κ1) is 23.8. The van der Waals surface area contributed by atoms with Gasteiger partial charge in [0.05, 0.1) is 11.9 Å². The third-order valence-electron chi connectivity index (χ3n) is 9.14. The lowest BCUT2D eigenvalue weighted by atomic mass is 9.44. The van der Waals surface area contributed by atoms with Crippen molar-refractivity contribution in [2.45, 2.75) is 85.4 Å². The predicted octanol–water partition coefficient (Wildman–Crippen LogP) is 5.04. The van der Waals surface area contributed by atoms with Crippen LogP contribution in [0.4, 0.5) is 0 Å². The second-order valence-corrected chi connectivity index (χ2v) is 11.7. The number of ketones is 1. The van der Waals surface area contributed by atoms with E-state index < -0.39 is 23.0 Å². The minimum atomic E-state index is -0.614. The van der Waals surface area contributed by atoms with Crippen LogP contribution in [-0.2, 0) is 14.3 Å². The minimum absolute atomic E-state index is 0.000497. The Kier molecular flexibility index (Phi) is 6.85. The highest BCUT2D eigenvalue weighted by Gasteiger charge is 2.68. The number of Topliss-reactive ketones (excluding diaryl/α,β-unsaturated/α-hetero) is 1. The fourth-order valence-corrected chi connectivity index (χ4v) is 7.66. The van der Waals surface area contributed by atoms with Crippen LogP contribution in [0.2, 0.25) is 0 Å². The van der Waals surface area contributed by atoms with Gasteiger partial charge in [0.1, 0.15) is 11.9 Å². The number of thioether (sulfide) groups is 1. The molecule has 0 saturated heterocycles. The molecular formula is C25H40O4S. The van der Waals surface area contributed by atoms with Gasteiger partial charge in [0.25, 0.3) is 0 Å². The van der Waals surface area contributed by atoms with E-state index in [0.29, 0.717) is 24.4 Å². The number of rotatable bonds is 6. The second-order valence-electron chi connectivity index (χ2n) is 10.6. The smallest absolute Gasteiger partial charge is 0.316 e. The van der Waals surface area contributed by atoms with E-state index in [4.69, 9.17) is 4.74 Å². The van der Waals surface area contributed by atoms with E-state index in [-0.39, 0.29) is 29.1 Å². The molecule has 5 heteroatoms. The molecule has 0 spiro atoms. The van der Waals surface area contributed by atoms with Gasteiger partial charge in [-0.25, -0.2) is 0 Å². The molecular weight excluding hydrogens is 396 g/mol. The molecule has 170 valence electrons. The Hall–Kier alpha value is -0.810. The molecule has 0 heterocycles. The van der Waals surface area contributed by atoms with Crippen molar-refractivity contribution in [1.82, 2.24) is 0 Å². The van der Waals surface area contributed by atoms with Crippen molar-refractivity contribution in [2.75, 3.05) is 11.5 Å². The zero-order chi connectivity index (χ0) is 22.3. The first-order valence-corrected chi connectivity index (χ1v) is 12.8. The van der Waals surface area contributed by atoms with Gasteiger partial charge in [0, 0.05) is 23.2 Å². The monoisotopic (exact) mass is 436 g/mol. The molecule has 3 aliphatic rings. The Morgan fingerprint density at radius 3 is 2.67 bits per heavy atom. The molecule has 3 fully saturated rings. The van der Waals surface area contributed by atoms with Crippen LogP contribution in [0.15, 0.2) is 12.7 Å². The average Bonchev–Trinajstić information content (AvgIpc) is 3.07. The summed E-state index contributed by atoms with van der Waals surface area (Å²) in [6.07, 6.45) is 5.72. The third kappa shape index (κ3) is 3.58. The number of aliphatic hydroxyl groups excluding tert-OH is 1. The van der Waals surface area contributed by atoms with E-state index >= 15 is 0 Å². The summed E-state index contributed by atoms with van der Waals surface area (Å²) >= 11 is 1.60. The van der Waals surface area contributed by atoms with Gasteiger partial charge in [-0.3, -0.25) is 9.59 Å². The summed E-state index contributed by atoms with van der Waals surface area (Å²) in [5, 5.41) is 11.5. The van der Waals surface area contributed by atoms with Crippen LogP contribution in [0.1, 0.15) is 73.1 Å². The molecule has 0 aromatic rings. The van der Waals surface area contributed by atoms with Gasteiger partial charge in [-0.15, -0.1) is 6.58 Å². The van der Waals surface area contributed by atoms with Gasteiger partial charge in [-0.05, 0) is 55.1 Å². The molecule has 30 heavy (non-hydrogen) atoms. The zero-order valence-electron chi connectivity index (χ0n) is 19.4. The molecule has 0 radical (unpaired) electrons. The van der Waals surface area contributed by atoms with Crippen LogP contribution in [0.25, 0.3) is 0 Å². The van der Waals surface area contributed by atoms with Gasteiger partial charge < -0.3 is 9.84 Å². The highest BCUT2D eigenvalue weighted by molar-refractivity contribution is 7.99. The molecule has 3 rings (SSSR count). The molecule has 0 amide bonds. The van der Waals surface area contributed by atoms with Crippen LogP contribution < -0.4 is 0 Å². The lowest BCUT2D eigenvalue weighted by molar-refractivity contribution is -0.205. The van der Waals surface area contributed by atoms with Crippen molar-refractivity contribution in [3.05, 3.63) is 12.7 Å². The lowest BCUT2D eigenvalue weighted by Gasteiger charge is -2.61. The van der Waals surface area contributed by atoms with Gasteiger partial charge in [0.15, 0.2) is 0 Å². The molecule has 0 aliphatic heterocycles. The average molecular weight is 437 g/mol. The van der Waals surface area contributed by atoms with Crippen LogP contribution in [-0.4, -0.2) is 40.6 Å². The molecule has 0 aromatic carbocycles. The fourth-order valence-electron chi connectivity index (χ4n) is 6.99. The van der Waals surface area contributed by atoms with Crippen LogP contribution in [0, 0.1) is 34.0 Å². The molecule has 1 N–H and O–H groups in total. The molecule has 4 nitrogen and oxygen atoms in total. The van der Waals surface area contributed by atoms with E-state index in [0.717, 1.165) is 31.4 Å². The van der Waals surface area contributed by atoms with E-state index in [1.54, 1.807) is 11.8 Å². The van der Waals surface area contributed by atoms with Crippen molar-refractivity contribution in [3.8, 4) is 0 Å². The van der Waals surface area contributed by atoms with Crippen LogP contribution >= 0.6 is 11.8 Å². The van der Waals surface area contributed by atoms with Crippen molar-refractivity contribution < 1.29 is 19.4 Å². The standard InChI is InChI=1S/C25H40O4S/c1-7-13-30-15-20(27)29-19-14-23(5,8-2)22(28)17(4)25-11-9-16(3)24(19,6)21(25)18(26)10-12-25/h8,16-17,19,21-22,28H,2,7,9-15H2,1,3-6H3/t16?,17-,19+,21?,22-,23+,24?,25?/m0/s1. The normalized spacial score (nSPS) is 45.9. The molecule has 3 saturated carbocycles. The van der Waals surface area contributed by atoms with E-state index in [1.165, 1.54) is 0 Å². The van der Waals surface area contributed by atoms with Crippen molar-refractivity contribution in [1.29, 1.82) is 0 Å². The second kappa shape index (κ2) is 8.61. The maximum atomic E-state index is 13.3. The first-order chi connectivity index (χ1) is 14.1. The maximum absolute atomic E-state index is 13.3. The summed E-state index contributed by atoms with van der Waals surface area (Å²) in [6.45, 7) is 14.7. The van der Waals surface area contributed by atoms with Gasteiger partial charge >= 0.3 is 5.97 Å². The molecule has 8 atom stereocenters. The van der Waals surface area contributed by atoms with E-state index in [2.05, 4.69) is 34.3 Å². The Bertz CT molecular complexity index is 693. The highest BCUT2D eigenvalue weighted by Crippen LogP contribution is 2.67. The van der Waals surface area contributed by atoms with E-state index in [1.807, 2.05) is 13.0 Å². The molecule has 3 aliphatic carbocycles. The number of hydrogen-bond donors (Lipinski definition) is 1. The van der Waals surface area contributed by atoms with Gasteiger partial charge in [0.2, 0.25) is 0 Å². The van der Waals surface area contributed by atoms with Crippen molar-refractivity contribution in [3.63, 3.8) is 0 Å². The topological polar surface area (TPSA) is 63.6 Å². The largest absolute Gasteiger partial charge is 0.461 e. The summed E-state index contributed by atoms with van der Waals surface area (Å²) in [4.78, 5) is 26.1. The fraction of sp³-hybridized carbons (Fsp3) is 0.840. The van der Waals surface area contributed by atoms with Crippen molar-refractivity contribution in [2.24, 2.45) is 34.0 Å². The number of carbonyl (C=O) groups excluding carboxylic acids is 2. The Balaban J connectivity index is 2.06. The van der Waals surface area contributed by atoms with Crippen LogP contribution in [0.5, 0.6) is 0 Å². The summed E-state index contributed by atoms with van der Waals surface area (Å²) in [7, 11) is 0. The maximum Gasteiger partial charge on any atom is 0.316 e. The summed E-state index contributed by atoms with van der Waals surface area (Å²) < 4.78 is 6.20. The Labute approximate surface area is 186 Å². The molecule has 4 unspecified atom stereocenters. The summed E-state index contributed by atoms with van der Waals surface area (Å²) in [5.74, 6) is 1.47. The minimum Gasteiger partial charge on any atom is -0.461 e. The van der Waals surface area contributed by atoms with Gasteiger partial charge in [-0.1, -0.05) is 40.7 Å². The Morgan fingerprint density at radius 2 is 2.03 bits per heavy atom. The quantitative estimate of drug-likeness (QED) is 0.359.